The molecule has 2 aliphatic carbocycles. The Bertz CT molecular complexity index is 1090. The van der Waals surface area contributed by atoms with Crippen LogP contribution in [0.1, 0.15) is 63.0 Å². The topological polar surface area (TPSA) is 0 Å². The van der Waals surface area contributed by atoms with E-state index in [1.807, 2.05) is 0 Å². The zero-order chi connectivity index (χ0) is 23.6. The predicted octanol–water partition coefficient (Wildman–Crippen LogP) is -7.00. The molecular weight excluding hydrogens is 375 g/mol. The van der Waals surface area contributed by atoms with Crippen LogP contribution in [0.15, 0.2) is 11.6 Å². The molecule has 1 fully saturated rings. The van der Waals surface area contributed by atoms with Crippen LogP contribution in [0, 0.1) is 11.8 Å². The molecule has 0 heterocycles. The van der Waals surface area contributed by atoms with Crippen molar-refractivity contribution in [3.05, 3.63) is 22.8 Å². The molecule has 3 atom stereocenters. The van der Waals surface area contributed by atoms with Gasteiger partial charge in [-0.15, -0.1) is 0 Å². The summed E-state index contributed by atoms with van der Waals surface area (Å²) in [6.45, 7) is 7.11. The van der Waals surface area contributed by atoms with Crippen LogP contribution in [-0.4, -0.2) is 62.8 Å². The Labute approximate surface area is 203 Å². The lowest BCUT2D eigenvalue weighted by molar-refractivity contribution is 0.343. The molecular formula is C24H36B8. The molecule has 1 saturated carbocycles. The minimum atomic E-state index is 0.562. The lowest BCUT2D eigenvalue weighted by atomic mass is 9.56. The second kappa shape index (κ2) is 8.48. The first kappa shape index (κ1) is 23.8. The Balaban J connectivity index is 1.95. The Morgan fingerprint density at radius 2 is 1.16 bits per heavy atom. The van der Waals surface area contributed by atoms with Crippen LogP contribution in [0.5, 0.6) is 0 Å². The van der Waals surface area contributed by atoms with E-state index in [1.165, 1.54) is 74.1 Å². The second-order valence-corrected chi connectivity index (χ2v) is 11.6. The fourth-order valence-corrected chi connectivity index (χ4v) is 7.47. The van der Waals surface area contributed by atoms with Gasteiger partial charge < -0.3 is 0 Å². The Morgan fingerprint density at radius 3 is 1.62 bits per heavy atom. The lowest BCUT2D eigenvalue weighted by Gasteiger charge is -2.32. The molecule has 0 nitrogen and oxygen atoms in total. The van der Waals surface area contributed by atoms with Gasteiger partial charge in [0.25, 0.3) is 0 Å². The summed E-state index contributed by atoms with van der Waals surface area (Å²) in [7, 11) is 19.0. The fourth-order valence-electron chi connectivity index (χ4n) is 7.47. The molecule has 8 heteroatoms. The van der Waals surface area contributed by atoms with Gasteiger partial charge in [-0.3, -0.25) is 0 Å². The largest absolute Gasteiger partial charge is 0.139 e. The maximum absolute atomic E-state index is 2.66. The number of benzene rings is 2. The first-order valence-electron chi connectivity index (χ1n) is 12.9. The fraction of sp³-hybridized carbons (Fsp3) is 0.417. The molecule has 0 aliphatic heterocycles. The summed E-state index contributed by atoms with van der Waals surface area (Å²) >= 11 is 0. The summed E-state index contributed by atoms with van der Waals surface area (Å²) < 4.78 is 0. The van der Waals surface area contributed by atoms with Crippen LogP contribution in [0.2, 0.25) is 0 Å². The first-order valence-corrected chi connectivity index (χ1v) is 12.9. The van der Waals surface area contributed by atoms with E-state index in [-0.39, 0.29) is 0 Å². The van der Waals surface area contributed by atoms with Gasteiger partial charge in [0, 0.05) is 5.92 Å². The molecule has 3 unspecified atom stereocenters. The number of hydrogen-bond acceptors (Lipinski definition) is 0. The van der Waals surface area contributed by atoms with Gasteiger partial charge >= 0.3 is 0 Å². The minimum Gasteiger partial charge on any atom is -0.0917 e. The number of hydrogen-bond donors (Lipinski definition) is 0. The third-order valence-electron chi connectivity index (χ3n) is 9.29. The van der Waals surface area contributed by atoms with Crippen molar-refractivity contribution in [1.29, 1.82) is 0 Å². The van der Waals surface area contributed by atoms with Gasteiger partial charge in [-0.05, 0) is 48.1 Å². The molecule has 0 aromatic heterocycles. The van der Waals surface area contributed by atoms with Crippen LogP contribution in [-0.2, 0) is 0 Å². The van der Waals surface area contributed by atoms with Gasteiger partial charge in [0.1, 0.15) is 62.8 Å². The van der Waals surface area contributed by atoms with Crippen LogP contribution in [0.3, 0.4) is 0 Å². The highest BCUT2D eigenvalue weighted by Crippen LogP contribution is 2.47. The summed E-state index contributed by atoms with van der Waals surface area (Å²) in [6.07, 6.45) is 6.70. The Morgan fingerprint density at radius 1 is 0.688 bits per heavy atom. The average Bonchev–Trinajstić information content (AvgIpc) is 3.01. The Hall–Kier alpha value is -1.30. The van der Waals surface area contributed by atoms with Crippen LogP contribution < -0.4 is 43.7 Å². The summed E-state index contributed by atoms with van der Waals surface area (Å²) in [6, 6.07) is 0. The normalized spacial score (nSPS) is 22.4. The number of allylic oxidation sites excluding steroid dienone is 2. The van der Waals surface area contributed by atoms with Crippen molar-refractivity contribution in [2.75, 3.05) is 0 Å². The van der Waals surface area contributed by atoms with Gasteiger partial charge in [-0.1, -0.05) is 87.2 Å². The molecule has 0 spiro atoms. The summed E-state index contributed by atoms with van der Waals surface area (Å²) in [5.41, 5.74) is 19.9. The quantitative estimate of drug-likeness (QED) is 0.348. The molecule has 0 saturated heterocycles. The molecule has 2 aromatic carbocycles. The highest BCUT2D eigenvalue weighted by Gasteiger charge is 2.36. The maximum atomic E-state index is 2.66. The van der Waals surface area contributed by atoms with Crippen molar-refractivity contribution < 1.29 is 0 Å². The minimum absolute atomic E-state index is 0.562. The third kappa shape index (κ3) is 3.56. The lowest BCUT2D eigenvalue weighted by Crippen LogP contribution is -2.52. The molecule has 0 radical (unpaired) electrons. The van der Waals surface area contributed by atoms with Gasteiger partial charge in [0.15, 0.2) is 0 Å². The molecule has 2 bridgehead atoms. The van der Waals surface area contributed by atoms with Gasteiger partial charge in [-0.25, -0.2) is 0 Å². The van der Waals surface area contributed by atoms with Gasteiger partial charge in [0.2, 0.25) is 0 Å². The van der Waals surface area contributed by atoms with Crippen molar-refractivity contribution in [1.82, 2.24) is 0 Å². The number of fused-ring (bicyclic) bond motifs is 2. The average molecular weight is 411 g/mol. The van der Waals surface area contributed by atoms with E-state index >= 15 is 0 Å². The number of rotatable bonds is 3. The Kier molecular flexibility index (Phi) is 6.32. The van der Waals surface area contributed by atoms with E-state index in [0.717, 1.165) is 11.8 Å². The highest BCUT2D eigenvalue weighted by molar-refractivity contribution is 6.65. The van der Waals surface area contributed by atoms with E-state index in [4.69, 9.17) is 0 Å². The zero-order valence-corrected chi connectivity index (χ0v) is 22.5. The smallest absolute Gasteiger partial charge is 0.0917 e. The van der Waals surface area contributed by atoms with E-state index in [9.17, 15) is 0 Å². The second-order valence-electron chi connectivity index (χ2n) is 11.6. The SMILES string of the molecule is Bc1c(B)c(C(C)C)c(B)c(B)c1-c1c(B)c(B)c(C2C=C3CC(C)CC2C3)c(B)c1B. The van der Waals surface area contributed by atoms with E-state index in [1.54, 1.807) is 16.7 Å². The molecule has 32 heavy (non-hydrogen) atoms. The van der Waals surface area contributed by atoms with Crippen molar-refractivity contribution in [3.8, 4) is 11.1 Å². The highest BCUT2D eigenvalue weighted by atomic mass is 14.4. The van der Waals surface area contributed by atoms with Crippen LogP contribution >= 0.6 is 0 Å². The predicted molar refractivity (Wildman–Crippen MR) is 169 cm³/mol. The monoisotopic (exact) mass is 412 g/mol. The van der Waals surface area contributed by atoms with Crippen molar-refractivity contribution in [2.45, 2.75) is 51.9 Å². The molecule has 4 rings (SSSR count). The molecule has 2 aliphatic rings. The van der Waals surface area contributed by atoms with Crippen LogP contribution in [0.4, 0.5) is 0 Å². The summed E-state index contributed by atoms with van der Waals surface area (Å²) in [5, 5.41) is 0. The molecule has 156 valence electrons. The molecule has 0 N–H and O–H groups in total. The third-order valence-corrected chi connectivity index (χ3v) is 9.29. The zero-order valence-electron chi connectivity index (χ0n) is 22.5. The van der Waals surface area contributed by atoms with E-state index in [2.05, 4.69) is 89.6 Å². The van der Waals surface area contributed by atoms with Crippen LogP contribution in [0.25, 0.3) is 11.1 Å². The molecule has 2 aromatic rings. The van der Waals surface area contributed by atoms with Crippen molar-refractivity contribution in [3.63, 3.8) is 0 Å². The van der Waals surface area contributed by atoms with Gasteiger partial charge in [0.05, 0.1) is 0 Å². The molecule has 0 amide bonds. The van der Waals surface area contributed by atoms with Crippen molar-refractivity contribution in [2.24, 2.45) is 11.8 Å². The van der Waals surface area contributed by atoms with Gasteiger partial charge in [-0.2, -0.15) is 0 Å². The van der Waals surface area contributed by atoms with E-state index in [0.29, 0.717) is 11.8 Å². The standard InChI is InChI=1S/C24H36B8/c1-8(2)13-17(25)21(29)15(22(30)18(13)26)16-23(31)19(27)14(20(28)24(16)32)12-7-10-4-9(3)5-11(12)6-10/h7-9,11-12H,4-6,25-32H2,1-3H3. The maximum Gasteiger partial charge on any atom is 0.139 e. The summed E-state index contributed by atoms with van der Waals surface area (Å²) in [5.74, 6) is 2.85. The van der Waals surface area contributed by atoms with Crippen molar-refractivity contribution >= 4 is 106 Å². The summed E-state index contributed by atoms with van der Waals surface area (Å²) in [4.78, 5) is 0. The first-order chi connectivity index (χ1) is 15.0. The van der Waals surface area contributed by atoms with E-state index < -0.39 is 0 Å².